The van der Waals surface area contributed by atoms with Crippen LogP contribution in [-0.2, 0) is 6.54 Å². The number of hydrogen-bond donors (Lipinski definition) is 1. The summed E-state index contributed by atoms with van der Waals surface area (Å²) >= 11 is 0. The van der Waals surface area contributed by atoms with Crippen LogP contribution in [0.2, 0.25) is 0 Å². The predicted molar refractivity (Wildman–Crippen MR) is 75.4 cm³/mol. The van der Waals surface area contributed by atoms with Crippen molar-refractivity contribution in [1.29, 1.82) is 0 Å². The van der Waals surface area contributed by atoms with Gasteiger partial charge in [-0.15, -0.1) is 10.2 Å². The maximum Gasteiger partial charge on any atom is 0.283 e. The van der Waals surface area contributed by atoms with E-state index in [1.54, 1.807) is 18.4 Å². The van der Waals surface area contributed by atoms with Gasteiger partial charge in [-0.05, 0) is 31.6 Å². The molecule has 1 fully saturated rings. The van der Waals surface area contributed by atoms with Gasteiger partial charge in [-0.3, -0.25) is 9.80 Å². The Morgan fingerprint density at radius 3 is 2.81 bits per heavy atom. The summed E-state index contributed by atoms with van der Waals surface area (Å²) in [4.78, 5) is 4.58. The van der Waals surface area contributed by atoms with Gasteiger partial charge in [0.05, 0.1) is 19.4 Å². The number of nitrogens with zero attached hydrogens (tertiary/aromatic N) is 4. The lowest BCUT2D eigenvalue weighted by atomic mass is 10.4. The lowest BCUT2D eigenvalue weighted by molar-refractivity contribution is 0.193. The Morgan fingerprint density at radius 1 is 1.14 bits per heavy atom. The Balaban J connectivity index is 1.57. The summed E-state index contributed by atoms with van der Waals surface area (Å²) in [6, 6.07) is 3.60. The van der Waals surface area contributed by atoms with E-state index in [0.29, 0.717) is 24.1 Å². The van der Waals surface area contributed by atoms with Gasteiger partial charge in [0, 0.05) is 19.6 Å². The first-order valence-electron chi connectivity index (χ1n) is 7.27. The van der Waals surface area contributed by atoms with Crippen molar-refractivity contribution in [3.63, 3.8) is 0 Å². The summed E-state index contributed by atoms with van der Waals surface area (Å²) in [5.41, 5.74) is 0. The second-order valence-electron chi connectivity index (χ2n) is 5.17. The standard InChI is InChI=1S/C14H20N4O3/c19-9-8-17-4-2-5-18(7-6-17)11-13-15-16-14(21-13)12-3-1-10-20-12/h1,3,10,19H,2,4-9,11H2. The van der Waals surface area contributed by atoms with E-state index in [4.69, 9.17) is 13.9 Å². The molecule has 21 heavy (non-hydrogen) atoms. The number of aliphatic hydroxyl groups is 1. The molecule has 1 aliphatic rings. The lowest BCUT2D eigenvalue weighted by Gasteiger charge is -2.19. The number of rotatable bonds is 5. The van der Waals surface area contributed by atoms with Crippen molar-refractivity contribution < 1.29 is 13.9 Å². The molecule has 1 aliphatic heterocycles. The number of aliphatic hydroxyl groups excluding tert-OH is 1. The summed E-state index contributed by atoms with van der Waals surface area (Å²) in [6.07, 6.45) is 2.67. The van der Waals surface area contributed by atoms with Crippen LogP contribution in [-0.4, -0.2) is 64.4 Å². The Kier molecular flexibility index (Phi) is 4.64. The van der Waals surface area contributed by atoms with E-state index in [1.807, 2.05) is 0 Å². The smallest absolute Gasteiger partial charge is 0.283 e. The van der Waals surface area contributed by atoms with Crippen molar-refractivity contribution in [3.05, 3.63) is 24.3 Å². The van der Waals surface area contributed by atoms with E-state index < -0.39 is 0 Å². The zero-order chi connectivity index (χ0) is 14.5. The van der Waals surface area contributed by atoms with Crippen molar-refractivity contribution in [2.24, 2.45) is 0 Å². The third-order valence-corrected chi connectivity index (χ3v) is 3.66. The minimum Gasteiger partial charge on any atom is -0.459 e. The second kappa shape index (κ2) is 6.84. The van der Waals surface area contributed by atoms with E-state index in [9.17, 15) is 0 Å². The summed E-state index contributed by atoms with van der Waals surface area (Å²) in [5.74, 6) is 1.63. The maximum absolute atomic E-state index is 9.01. The molecule has 0 unspecified atom stereocenters. The Labute approximate surface area is 123 Å². The molecule has 0 aromatic carbocycles. The van der Waals surface area contributed by atoms with E-state index >= 15 is 0 Å². The van der Waals surface area contributed by atoms with E-state index in [-0.39, 0.29) is 6.61 Å². The minimum absolute atomic E-state index is 0.218. The molecule has 0 saturated carbocycles. The Bertz CT molecular complexity index is 540. The van der Waals surface area contributed by atoms with Gasteiger partial charge >= 0.3 is 0 Å². The predicted octanol–water partition coefficient (Wildman–Crippen LogP) is 0.830. The van der Waals surface area contributed by atoms with Gasteiger partial charge in [-0.25, -0.2) is 0 Å². The average molecular weight is 292 g/mol. The zero-order valence-corrected chi connectivity index (χ0v) is 11.9. The SMILES string of the molecule is OCCN1CCCN(Cc2nnc(-c3ccco3)o2)CC1. The van der Waals surface area contributed by atoms with Crippen LogP contribution in [0, 0.1) is 0 Å². The molecular formula is C14H20N4O3. The van der Waals surface area contributed by atoms with Gasteiger partial charge in [0.1, 0.15) is 0 Å². The molecule has 3 rings (SSSR count). The third kappa shape index (κ3) is 3.69. The van der Waals surface area contributed by atoms with Gasteiger partial charge < -0.3 is 13.9 Å². The Morgan fingerprint density at radius 2 is 2.00 bits per heavy atom. The molecule has 0 spiro atoms. The molecule has 1 N–H and O–H groups in total. The van der Waals surface area contributed by atoms with Crippen molar-refractivity contribution >= 4 is 0 Å². The van der Waals surface area contributed by atoms with Gasteiger partial charge in [0.25, 0.3) is 5.89 Å². The average Bonchev–Trinajstić information content (AvgIpc) is 3.10. The fourth-order valence-corrected chi connectivity index (χ4v) is 2.56. The molecule has 3 heterocycles. The summed E-state index contributed by atoms with van der Waals surface area (Å²) in [5, 5.41) is 17.1. The van der Waals surface area contributed by atoms with Crippen LogP contribution in [0.1, 0.15) is 12.3 Å². The van der Waals surface area contributed by atoms with Crippen LogP contribution < -0.4 is 0 Å². The van der Waals surface area contributed by atoms with Crippen LogP contribution in [0.4, 0.5) is 0 Å². The highest BCUT2D eigenvalue weighted by atomic mass is 16.4. The molecule has 0 atom stereocenters. The molecule has 0 amide bonds. The molecule has 0 aliphatic carbocycles. The number of furan rings is 1. The second-order valence-corrected chi connectivity index (χ2v) is 5.17. The highest BCUT2D eigenvalue weighted by Gasteiger charge is 2.17. The molecule has 7 heteroatoms. The third-order valence-electron chi connectivity index (χ3n) is 3.66. The molecule has 1 saturated heterocycles. The zero-order valence-electron chi connectivity index (χ0n) is 11.9. The van der Waals surface area contributed by atoms with Crippen LogP contribution in [0.25, 0.3) is 11.7 Å². The normalized spacial score (nSPS) is 18.0. The fourth-order valence-electron chi connectivity index (χ4n) is 2.56. The molecule has 7 nitrogen and oxygen atoms in total. The van der Waals surface area contributed by atoms with Gasteiger partial charge in [0.15, 0.2) is 5.76 Å². The number of hydrogen-bond acceptors (Lipinski definition) is 7. The number of β-amino-alcohol motifs (C(OH)–C–C–N with tert-alkyl or cyclic N) is 1. The van der Waals surface area contributed by atoms with Crippen molar-refractivity contribution in [1.82, 2.24) is 20.0 Å². The van der Waals surface area contributed by atoms with E-state index in [1.165, 1.54) is 0 Å². The quantitative estimate of drug-likeness (QED) is 0.874. The molecule has 0 radical (unpaired) electrons. The van der Waals surface area contributed by atoms with Crippen LogP contribution in [0.15, 0.2) is 27.2 Å². The first-order chi connectivity index (χ1) is 10.3. The van der Waals surface area contributed by atoms with E-state index in [0.717, 1.165) is 39.1 Å². The number of aromatic nitrogens is 2. The monoisotopic (exact) mass is 292 g/mol. The van der Waals surface area contributed by atoms with Crippen molar-refractivity contribution in [2.45, 2.75) is 13.0 Å². The van der Waals surface area contributed by atoms with Gasteiger partial charge in [-0.2, -0.15) is 0 Å². The summed E-state index contributed by atoms with van der Waals surface area (Å²) in [7, 11) is 0. The summed E-state index contributed by atoms with van der Waals surface area (Å²) < 4.78 is 10.9. The van der Waals surface area contributed by atoms with Crippen molar-refractivity contribution in [2.75, 3.05) is 39.3 Å². The van der Waals surface area contributed by atoms with Gasteiger partial charge in [-0.1, -0.05) is 0 Å². The van der Waals surface area contributed by atoms with Crippen LogP contribution >= 0.6 is 0 Å². The fraction of sp³-hybridized carbons (Fsp3) is 0.571. The maximum atomic E-state index is 9.01. The highest BCUT2D eigenvalue weighted by molar-refractivity contribution is 5.42. The first-order valence-corrected chi connectivity index (χ1v) is 7.27. The minimum atomic E-state index is 0.218. The van der Waals surface area contributed by atoms with Crippen molar-refractivity contribution in [3.8, 4) is 11.7 Å². The summed E-state index contributed by atoms with van der Waals surface area (Å²) in [6.45, 7) is 5.55. The van der Waals surface area contributed by atoms with E-state index in [2.05, 4.69) is 20.0 Å². The highest BCUT2D eigenvalue weighted by Crippen LogP contribution is 2.18. The van der Waals surface area contributed by atoms with Gasteiger partial charge in [0.2, 0.25) is 5.89 Å². The lowest BCUT2D eigenvalue weighted by Crippen LogP contribution is -2.32. The molecule has 2 aromatic rings. The Hall–Kier alpha value is -1.70. The largest absolute Gasteiger partial charge is 0.459 e. The molecule has 2 aromatic heterocycles. The topological polar surface area (TPSA) is 78.8 Å². The first kappa shape index (κ1) is 14.2. The van der Waals surface area contributed by atoms with Crippen LogP contribution in [0.3, 0.4) is 0 Å². The van der Waals surface area contributed by atoms with Crippen LogP contribution in [0.5, 0.6) is 0 Å². The molecule has 0 bridgehead atoms. The molecular weight excluding hydrogens is 272 g/mol. The molecule has 114 valence electrons.